The van der Waals surface area contributed by atoms with Crippen molar-refractivity contribution in [3.63, 3.8) is 0 Å². The van der Waals surface area contributed by atoms with E-state index in [-0.39, 0.29) is 0 Å². The average molecular weight is 234 g/mol. The first-order chi connectivity index (χ1) is 8.20. The number of nitrogens with zero attached hydrogens (tertiary/aromatic N) is 3. The zero-order valence-corrected chi connectivity index (χ0v) is 11.0. The molecule has 0 bridgehead atoms. The summed E-state index contributed by atoms with van der Waals surface area (Å²) in [6.07, 6.45) is 6.32. The molecule has 4 nitrogen and oxygen atoms in total. The molecule has 0 aromatic carbocycles. The van der Waals surface area contributed by atoms with Crippen molar-refractivity contribution < 1.29 is 0 Å². The predicted octanol–water partition coefficient (Wildman–Crippen LogP) is 1.61. The van der Waals surface area contributed by atoms with Crippen LogP contribution in [0.3, 0.4) is 0 Å². The maximum Gasteiger partial charge on any atom is 0.225 e. The Balaban J connectivity index is 2.04. The van der Waals surface area contributed by atoms with E-state index in [1.807, 2.05) is 26.4 Å². The van der Waals surface area contributed by atoms with Crippen LogP contribution < -0.4 is 10.2 Å². The van der Waals surface area contributed by atoms with Crippen LogP contribution in [0, 0.1) is 12.8 Å². The van der Waals surface area contributed by atoms with Gasteiger partial charge < -0.3 is 10.2 Å². The van der Waals surface area contributed by atoms with Crippen LogP contribution >= 0.6 is 0 Å². The summed E-state index contributed by atoms with van der Waals surface area (Å²) in [5.41, 5.74) is 1.12. The number of hydrogen-bond acceptors (Lipinski definition) is 4. The summed E-state index contributed by atoms with van der Waals surface area (Å²) in [6.45, 7) is 6.41. The van der Waals surface area contributed by atoms with Gasteiger partial charge in [0.1, 0.15) is 0 Å². The highest BCUT2D eigenvalue weighted by Crippen LogP contribution is 2.22. The van der Waals surface area contributed by atoms with Crippen molar-refractivity contribution >= 4 is 5.95 Å². The molecular formula is C13H22N4. The van der Waals surface area contributed by atoms with E-state index in [1.54, 1.807) is 0 Å². The Bertz CT molecular complexity index is 349. The molecule has 1 aromatic rings. The summed E-state index contributed by atoms with van der Waals surface area (Å²) in [5.74, 6) is 1.57. The summed E-state index contributed by atoms with van der Waals surface area (Å²) in [7, 11) is 2.03. The fourth-order valence-corrected chi connectivity index (χ4v) is 2.38. The number of piperidine rings is 1. The zero-order valence-electron chi connectivity index (χ0n) is 11.0. The van der Waals surface area contributed by atoms with Crippen molar-refractivity contribution in [1.29, 1.82) is 0 Å². The van der Waals surface area contributed by atoms with Gasteiger partial charge in [0, 0.05) is 31.5 Å². The average Bonchev–Trinajstić information content (AvgIpc) is 2.39. The smallest absolute Gasteiger partial charge is 0.225 e. The molecule has 1 aromatic heterocycles. The second-order valence-corrected chi connectivity index (χ2v) is 4.99. The van der Waals surface area contributed by atoms with E-state index in [4.69, 9.17) is 0 Å². The molecule has 1 aliphatic heterocycles. The summed E-state index contributed by atoms with van der Waals surface area (Å²) in [5, 5.41) is 3.35. The summed E-state index contributed by atoms with van der Waals surface area (Å²) >= 11 is 0. The second-order valence-electron chi connectivity index (χ2n) is 4.99. The Morgan fingerprint density at radius 3 is 2.76 bits per heavy atom. The molecule has 4 heteroatoms. The van der Waals surface area contributed by atoms with Gasteiger partial charge >= 0.3 is 0 Å². The van der Waals surface area contributed by atoms with Gasteiger partial charge in [-0.05, 0) is 45.2 Å². The first-order valence-corrected chi connectivity index (χ1v) is 6.41. The van der Waals surface area contributed by atoms with Crippen molar-refractivity contribution in [3.05, 3.63) is 18.0 Å². The number of aryl methyl sites for hydroxylation is 1. The molecule has 0 saturated carbocycles. The Kier molecular flexibility index (Phi) is 3.94. The van der Waals surface area contributed by atoms with Crippen LogP contribution in [0.4, 0.5) is 5.95 Å². The molecule has 0 radical (unpaired) electrons. The SMILES string of the molecule is CNC(C)C1CCCN(c2ncc(C)cn2)C1. The van der Waals surface area contributed by atoms with Crippen molar-refractivity contribution in [3.8, 4) is 0 Å². The molecule has 2 rings (SSSR count). The third kappa shape index (κ3) is 2.94. The quantitative estimate of drug-likeness (QED) is 0.862. The van der Waals surface area contributed by atoms with Gasteiger partial charge in [-0.25, -0.2) is 9.97 Å². The number of rotatable bonds is 3. The van der Waals surface area contributed by atoms with Gasteiger partial charge in [0.25, 0.3) is 0 Å². The highest BCUT2D eigenvalue weighted by Gasteiger charge is 2.24. The third-order valence-electron chi connectivity index (χ3n) is 3.67. The van der Waals surface area contributed by atoms with Crippen LogP contribution in [-0.2, 0) is 0 Å². The largest absolute Gasteiger partial charge is 0.340 e. The standard InChI is InChI=1S/C13H22N4/c1-10-7-15-13(16-8-10)17-6-4-5-12(9-17)11(2)14-3/h7-8,11-12,14H,4-6,9H2,1-3H3. The van der Waals surface area contributed by atoms with Crippen LogP contribution in [0.25, 0.3) is 0 Å². The summed E-state index contributed by atoms with van der Waals surface area (Å²) in [6, 6.07) is 0.559. The van der Waals surface area contributed by atoms with Crippen molar-refractivity contribution in [2.75, 3.05) is 25.0 Å². The molecule has 0 aliphatic carbocycles. The van der Waals surface area contributed by atoms with Crippen LogP contribution in [0.1, 0.15) is 25.3 Å². The molecule has 17 heavy (non-hydrogen) atoms. The van der Waals surface area contributed by atoms with Crippen LogP contribution in [0.5, 0.6) is 0 Å². The molecule has 0 spiro atoms. The monoisotopic (exact) mass is 234 g/mol. The van der Waals surface area contributed by atoms with E-state index in [2.05, 4.69) is 27.1 Å². The molecule has 1 aliphatic rings. The number of hydrogen-bond donors (Lipinski definition) is 1. The summed E-state index contributed by atoms with van der Waals surface area (Å²) in [4.78, 5) is 11.1. The third-order valence-corrected chi connectivity index (χ3v) is 3.67. The van der Waals surface area contributed by atoms with E-state index in [0.29, 0.717) is 12.0 Å². The molecule has 94 valence electrons. The highest BCUT2D eigenvalue weighted by molar-refractivity contribution is 5.30. The number of anilines is 1. The van der Waals surface area contributed by atoms with Crippen LogP contribution in [0.2, 0.25) is 0 Å². The Morgan fingerprint density at radius 1 is 1.41 bits per heavy atom. The topological polar surface area (TPSA) is 41.0 Å². The zero-order chi connectivity index (χ0) is 12.3. The van der Waals surface area contributed by atoms with E-state index < -0.39 is 0 Å². The molecule has 0 amide bonds. The Labute approximate surface area is 103 Å². The van der Waals surface area contributed by atoms with Crippen molar-refractivity contribution in [2.24, 2.45) is 5.92 Å². The lowest BCUT2D eigenvalue weighted by Crippen LogP contribution is -2.44. The fraction of sp³-hybridized carbons (Fsp3) is 0.692. The minimum Gasteiger partial charge on any atom is -0.340 e. The van der Waals surface area contributed by atoms with E-state index in [0.717, 1.165) is 24.6 Å². The van der Waals surface area contributed by atoms with Gasteiger partial charge in [-0.1, -0.05) is 0 Å². The molecule has 1 saturated heterocycles. The minimum atomic E-state index is 0.559. The lowest BCUT2D eigenvalue weighted by Gasteiger charge is -2.35. The fourth-order valence-electron chi connectivity index (χ4n) is 2.38. The minimum absolute atomic E-state index is 0.559. The lowest BCUT2D eigenvalue weighted by molar-refractivity contribution is 0.331. The molecule has 2 heterocycles. The molecule has 1 N–H and O–H groups in total. The number of aromatic nitrogens is 2. The van der Waals surface area contributed by atoms with Crippen molar-refractivity contribution in [2.45, 2.75) is 32.7 Å². The van der Waals surface area contributed by atoms with E-state index in [9.17, 15) is 0 Å². The Hall–Kier alpha value is -1.16. The normalized spacial score (nSPS) is 22.5. The van der Waals surface area contributed by atoms with Crippen LogP contribution in [0.15, 0.2) is 12.4 Å². The van der Waals surface area contributed by atoms with Gasteiger partial charge in [0.15, 0.2) is 0 Å². The molecular weight excluding hydrogens is 212 g/mol. The summed E-state index contributed by atoms with van der Waals surface area (Å²) < 4.78 is 0. The highest BCUT2D eigenvalue weighted by atomic mass is 15.3. The van der Waals surface area contributed by atoms with E-state index in [1.165, 1.54) is 12.8 Å². The molecule has 2 unspecified atom stereocenters. The van der Waals surface area contributed by atoms with Gasteiger partial charge in [-0.3, -0.25) is 0 Å². The lowest BCUT2D eigenvalue weighted by atomic mass is 9.92. The first-order valence-electron chi connectivity index (χ1n) is 6.41. The van der Waals surface area contributed by atoms with E-state index >= 15 is 0 Å². The van der Waals surface area contributed by atoms with Gasteiger partial charge in [0.05, 0.1) is 0 Å². The Morgan fingerprint density at radius 2 is 2.12 bits per heavy atom. The maximum atomic E-state index is 4.42. The molecule has 2 atom stereocenters. The van der Waals surface area contributed by atoms with Gasteiger partial charge in [-0.2, -0.15) is 0 Å². The first kappa shape index (κ1) is 12.3. The predicted molar refractivity (Wildman–Crippen MR) is 70.2 cm³/mol. The van der Waals surface area contributed by atoms with Crippen molar-refractivity contribution in [1.82, 2.24) is 15.3 Å². The molecule has 1 fully saturated rings. The van der Waals surface area contributed by atoms with Gasteiger partial charge in [-0.15, -0.1) is 0 Å². The number of nitrogens with one attached hydrogen (secondary N) is 1. The second kappa shape index (κ2) is 5.45. The maximum absolute atomic E-state index is 4.42. The van der Waals surface area contributed by atoms with Crippen LogP contribution in [-0.4, -0.2) is 36.1 Å². The van der Waals surface area contributed by atoms with Gasteiger partial charge in [0.2, 0.25) is 5.95 Å².